The molecule has 1 saturated carbocycles. The van der Waals surface area contributed by atoms with Crippen LogP contribution in [0, 0.1) is 11.3 Å². The maximum Gasteiger partial charge on any atom is 0.0409 e. The highest BCUT2D eigenvalue weighted by molar-refractivity contribution is 9.10. The summed E-state index contributed by atoms with van der Waals surface area (Å²) in [5, 5.41) is 1.88. The van der Waals surface area contributed by atoms with Crippen molar-refractivity contribution in [3.8, 4) is 0 Å². The van der Waals surface area contributed by atoms with Crippen LogP contribution in [0.2, 0.25) is 5.02 Å². The summed E-state index contributed by atoms with van der Waals surface area (Å²) in [5.74, 6) is 1.33. The van der Waals surface area contributed by atoms with Gasteiger partial charge in [0.2, 0.25) is 0 Å². The molecule has 82 valence electrons. The standard InChI is InChI=1S/C12H13Br2Cl/c1-12(2)9(6-13)11(12)8-5-7(15)3-4-10(8)14/h3-5,9,11H,6H2,1-2H3. The normalized spacial score (nSPS) is 27.8. The lowest BCUT2D eigenvalue weighted by Crippen LogP contribution is -1.91. The molecule has 0 aliphatic heterocycles. The van der Waals surface area contributed by atoms with Gasteiger partial charge in [-0.3, -0.25) is 0 Å². The molecule has 0 spiro atoms. The molecule has 3 heteroatoms. The minimum Gasteiger partial charge on any atom is -0.0925 e. The molecule has 15 heavy (non-hydrogen) atoms. The number of hydrogen-bond acceptors (Lipinski definition) is 0. The van der Waals surface area contributed by atoms with Gasteiger partial charge in [0.1, 0.15) is 0 Å². The van der Waals surface area contributed by atoms with Gasteiger partial charge in [0, 0.05) is 14.8 Å². The van der Waals surface area contributed by atoms with Crippen molar-refractivity contribution in [1.82, 2.24) is 0 Å². The lowest BCUT2D eigenvalue weighted by atomic mass is 10.0. The van der Waals surface area contributed by atoms with Crippen molar-refractivity contribution in [3.05, 3.63) is 33.3 Å². The van der Waals surface area contributed by atoms with Gasteiger partial charge < -0.3 is 0 Å². The Hall–Kier alpha value is 0.470. The molecule has 1 aromatic carbocycles. The lowest BCUT2D eigenvalue weighted by molar-refractivity contribution is 0.579. The zero-order chi connectivity index (χ0) is 11.2. The molecule has 1 fully saturated rings. The van der Waals surface area contributed by atoms with E-state index >= 15 is 0 Å². The van der Waals surface area contributed by atoms with E-state index in [1.54, 1.807) is 0 Å². The van der Waals surface area contributed by atoms with Gasteiger partial charge in [-0.25, -0.2) is 0 Å². The molecule has 0 bridgehead atoms. The van der Waals surface area contributed by atoms with E-state index in [2.05, 4.69) is 51.8 Å². The Labute approximate surface area is 113 Å². The summed E-state index contributed by atoms with van der Waals surface area (Å²) in [6, 6.07) is 6.05. The number of alkyl halides is 1. The number of rotatable bonds is 2. The Balaban J connectivity index is 2.36. The summed E-state index contributed by atoms with van der Waals surface area (Å²) in [6.07, 6.45) is 0. The summed E-state index contributed by atoms with van der Waals surface area (Å²) in [4.78, 5) is 0. The van der Waals surface area contributed by atoms with Gasteiger partial charge in [0.25, 0.3) is 0 Å². The molecule has 1 aliphatic carbocycles. The third-order valence-corrected chi connectivity index (χ3v) is 5.16. The second kappa shape index (κ2) is 4.05. The first kappa shape index (κ1) is 11.9. The molecule has 0 nitrogen and oxygen atoms in total. The average molecular weight is 352 g/mol. The smallest absolute Gasteiger partial charge is 0.0409 e. The molecule has 0 aromatic heterocycles. The van der Waals surface area contributed by atoms with E-state index in [0.29, 0.717) is 17.3 Å². The molecule has 2 atom stereocenters. The van der Waals surface area contributed by atoms with Crippen molar-refractivity contribution < 1.29 is 0 Å². The molecule has 2 unspecified atom stereocenters. The van der Waals surface area contributed by atoms with Crippen LogP contribution in [0.4, 0.5) is 0 Å². The van der Waals surface area contributed by atoms with Crippen molar-refractivity contribution in [3.63, 3.8) is 0 Å². The fraction of sp³-hybridized carbons (Fsp3) is 0.500. The first-order chi connectivity index (χ1) is 6.98. The van der Waals surface area contributed by atoms with Crippen molar-refractivity contribution in [2.75, 3.05) is 5.33 Å². The number of hydrogen-bond donors (Lipinski definition) is 0. The van der Waals surface area contributed by atoms with Crippen molar-refractivity contribution in [2.45, 2.75) is 19.8 Å². The quantitative estimate of drug-likeness (QED) is 0.639. The van der Waals surface area contributed by atoms with Crippen LogP contribution >= 0.6 is 43.5 Å². The van der Waals surface area contributed by atoms with Crippen LogP contribution in [0.15, 0.2) is 22.7 Å². The van der Waals surface area contributed by atoms with Gasteiger partial charge >= 0.3 is 0 Å². The van der Waals surface area contributed by atoms with E-state index in [4.69, 9.17) is 11.6 Å². The van der Waals surface area contributed by atoms with Crippen molar-refractivity contribution in [2.24, 2.45) is 11.3 Å². The van der Waals surface area contributed by atoms with Gasteiger partial charge in [0.15, 0.2) is 0 Å². The van der Waals surface area contributed by atoms with Crippen LogP contribution in [-0.2, 0) is 0 Å². The topological polar surface area (TPSA) is 0 Å². The third-order valence-electron chi connectivity index (χ3n) is 3.51. The predicted octanol–water partition coefficient (Wildman–Crippen LogP) is 5.24. The van der Waals surface area contributed by atoms with Crippen LogP contribution in [0.1, 0.15) is 25.3 Å². The third kappa shape index (κ3) is 2.01. The molecule has 0 heterocycles. The van der Waals surface area contributed by atoms with Crippen LogP contribution in [-0.4, -0.2) is 5.33 Å². The Bertz CT molecular complexity index is 387. The molecule has 0 N–H and O–H groups in total. The monoisotopic (exact) mass is 350 g/mol. The second-order valence-corrected chi connectivity index (χ2v) is 6.66. The molecule has 0 radical (unpaired) electrons. The SMILES string of the molecule is CC1(C)C(CBr)C1c1cc(Cl)ccc1Br. The van der Waals surface area contributed by atoms with Gasteiger partial charge in [-0.15, -0.1) is 0 Å². The van der Waals surface area contributed by atoms with E-state index in [-0.39, 0.29) is 0 Å². The Kier molecular flexibility index (Phi) is 3.22. The second-order valence-electron chi connectivity index (χ2n) is 4.73. The fourth-order valence-electron chi connectivity index (χ4n) is 2.40. The highest BCUT2D eigenvalue weighted by atomic mass is 79.9. The van der Waals surface area contributed by atoms with Crippen LogP contribution in [0.3, 0.4) is 0 Å². The first-order valence-electron chi connectivity index (χ1n) is 4.99. The maximum atomic E-state index is 6.04. The van der Waals surface area contributed by atoms with Gasteiger partial charge in [-0.05, 0) is 41.0 Å². The minimum atomic E-state index is 0.386. The van der Waals surface area contributed by atoms with Crippen molar-refractivity contribution >= 4 is 43.5 Å². The first-order valence-corrected chi connectivity index (χ1v) is 7.28. The lowest BCUT2D eigenvalue weighted by Gasteiger charge is -2.06. The summed E-state index contributed by atoms with van der Waals surface area (Å²) in [6.45, 7) is 4.63. The molecule has 0 saturated heterocycles. The van der Waals surface area contributed by atoms with Crippen LogP contribution in [0.5, 0.6) is 0 Å². The van der Waals surface area contributed by atoms with E-state index in [1.165, 1.54) is 10.0 Å². The van der Waals surface area contributed by atoms with E-state index in [1.807, 2.05) is 12.1 Å². The summed E-state index contributed by atoms with van der Waals surface area (Å²) in [7, 11) is 0. The van der Waals surface area contributed by atoms with Gasteiger partial charge in [-0.2, -0.15) is 0 Å². The molecular formula is C12H13Br2Cl. The molecule has 1 aromatic rings. The Morgan fingerprint density at radius 1 is 1.40 bits per heavy atom. The number of halogens is 3. The summed E-state index contributed by atoms with van der Waals surface area (Å²) >= 11 is 13.2. The summed E-state index contributed by atoms with van der Waals surface area (Å²) < 4.78 is 1.17. The number of benzene rings is 1. The average Bonchev–Trinajstić information content (AvgIpc) is 2.72. The minimum absolute atomic E-state index is 0.386. The highest BCUT2D eigenvalue weighted by Crippen LogP contribution is 2.65. The molecule has 1 aliphatic rings. The predicted molar refractivity (Wildman–Crippen MR) is 73.0 cm³/mol. The highest BCUT2D eigenvalue weighted by Gasteiger charge is 2.57. The van der Waals surface area contributed by atoms with E-state index in [9.17, 15) is 0 Å². The maximum absolute atomic E-state index is 6.04. The van der Waals surface area contributed by atoms with E-state index < -0.39 is 0 Å². The Morgan fingerprint density at radius 2 is 2.07 bits per heavy atom. The van der Waals surface area contributed by atoms with E-state index in [0.717, 1.165) is 10.4 Å². The Morgan fingerprint density at radius 3 is 2.60 bits per heavy atom. The van der Waals surface area contributed by atoms with Crippen LogP contribution < -0.4 is 0 Å². The molecular weight excluding hydrogens is 339 g/mol. The van der Waals surface area contributed by atoms with Crippen LogP contribution in [0.25, 0.3) is 0 Å². The fourth-order valence-corrected chi connectivity index (χ4v) is 4.28. The zero-order valence-corrected chi connectivity index (χ0v) is 12.7. The summed E-state index contributed by atoms with van der Waals surface area (Å²) in [5.41, 5.74) is 1.73. The molecule has 2 rings (SSSR count). The zero-order valence-electron chi connectivity index (χ0n) is 8.73. The molecule has 0 amide bonds. The largest absolute Gasteiger partial charge is 0.0925 e. The van der Waals surface area contributed by atoms with Crippen molar-refractivity contribution in [1.29, 1.82) is 0 Å². The van der Waals surface area contributed by atoms with Gasteiger partial charge in [0.05, 0.1) is 0 Å². The van der Waals surface area contributed by atoms with Gasteiger partial charge in [-0.1, -0.05) is 57.3 Å².